The van der Waals surface area contributed by atoms with E-state index in [1.54, 1.807) is 13.0 Å². The molecule has 7 heteroatoms. The molecule has 0 radical (unpaired) electrons. The molecule has 0 spiro atoms. The lowest BCUT2D eigenvalue weighted by Gasteiger charge is -2.10. The molecule has 0 aromatic heterocycles. The molecule has 0 unspecified atom stereocenters. The van der Waals surface area contributed by atoms with Gasteiger partial charge in [0.15, 0.2) is 9.84 Å². The number of nitrogens with one attached hydrogen (secondary N) is 1. The van der Waals surface area contributed by atoms with Crippen LogP contribution in [-0.2, 0) is 9.84 Å². The van der Waals surface area contributed by atoms with Crippen molar-refractivity contribution in [2.75, 3.05) is 30.9 Å². The predicted octanol–water partition coefficient (Wildman–Crippen LogP) is 0.442. The van der Waals surface area contributed by atoms with Crippen molar-refractivity contribution >= 4 is 21.4 Å². The minimum Gasteiger partial charge on any atom is -0.496 e. The Morgan fingerprint density at radius 2 is 2.11 bits per heavy atom. The Morgan fingerprint density at radius 1 is 1.42 bits per heavy atom. The number of rotatable bonds is 6. The molecule has 0 saturated carbocycles. The molecule has 0 bridgehead atoms. The Kier molecular flexibility index (Phi) is 5.17. The Hall–Kier alpha value is -1.76. The average Bonchev–Trinajstić information content (AvgIpc) is 2.38. The summed E-state index contributed by atoms with van der Waals surface area (Å²) in [6.45, 7) is 1.64. The standard InChI is InChI=1S/C12H18N2O4S/c1-3-19(16,17)7-6-14-12(15)10-5-4-9(13)8-11(10)18-2/h4-5,8H,3,6-7,13H2,1-2H3,(H,14,15). The van der Waals surface area contributed by atoms with E-state index in [1.807, 2.05) is 0 Å². The van der Waals surface area contributed by atoms with Gasteiger partial charge in [-0.1, -0.05) is 6.92 Å². The molecular weight excluding hydrogens is 268 g/mol. The maximum absolute atomic E-state index is 11.9. The minimum absolute atomic E-state index is 0.0636. The molecule has 1 aromatic carbocycles. The van der Waals surface area contributed by atoms with Gasteiger partial charge in [0, 0.05) is 24.1 Å². The highest BCUT2D eigenvalue weighted by Crippen LogP contribution is 2.21. The number of hydrogen-bond acceptors (Lipinski definition) is 5. The maximum atomic E-state index is 11.9. The van der Waals surface area contributed by atoms with E-state index in [1.165, 1.54) is 19.2 Å². The zero-order chi connectivity index (χ0) is 14.5. The predicted molar refractivity (Wildman–Crippen MR) is 74.1 cm³/mol. The third-order valence-electron chi connectivity index (χ3n) is 2.61. The number of amides is 1. The summed E-state index contributed by atoms with van der Waals surface area (Å²) in [5.74, 6) is -0.0420. The second kappa shape index (κ2) is 6.42. The second-order valence-electron chi connectivity index (χ2n) is 3.95. The van der Waals surface area contributed by atoms with Gasteiger partial charge in [0.05, 0.1) is 18.4 Å². The summed E-state index contributed by atoms with van der Waals surface area (Å²) in [5.41, 5.74) is 6.40. The number of methoxy groups -OCH3 is 1. The fourth-order valence-electron chi connectivity index (χ4n) is 1.46. The van der Waals surface area contributed by atoms with Gasteiger partial charge in [-0.05, 0) is 12.1 Å². The number of hydrogen-bond donors (Lipinski definition) is 2. The summed E-state index contributed by atoms with van der Waals surface area (Å²) in [7, 11) is -1.65. The molecule has 0 aliphatic carbocycles. The van der Waals surface area contributed by atoms with Crippen molar-refractivity contribution in [1.82, 2.24) is 5.32 Å². The highest BCUT2D eigenvalue weighted by atomic mass is 32.2. The Bertz CT molecular complexity index is 555. The SMILES string of the molecule is CCS(=O)(=O)CCNC(=O)c1ccc(N)cc1OC. The molecule has 6 nitrogen and oxygen atoms in total. The summed E-state index contributed by atoms with van der Waals surface area (Å²) < 4.78 is 27.6. The third-order valence-corrected chi connectivity index (χ3v) is 4.31. The maximum Gasteiger partial charge on any atom is 0.255 e. The van der Waals surface area contributed by atoms with E-state index < -0.39 is 9.84 Å². The molecule has 1 aromatic rings. The first kappa shape index (κ1) is 15.3. The summed E-state index contributed by atoms with van der Waals surface area (Å²) in [5, 5.41) is 2.54. The van der Waals surface area contributed by atoms with Crippen LogP contribution in [0.15, 0.2) is 18.2 Å². The molecule has 106 valence electrons. The van der Waals surface area contributed by atoms with Gasteiger partial charge in [0.1, 0.15) is 5.75 Å². The molecule has 0 heterocycles. The van der Waals surface area contributed by atoms with Gasteiger partial charge in [0.2, 0.25) is 0 Å². The van der Waals surface area contributed by atoms with E-state index in [0.29, 0.717) is 17.0 Å². The first-order valence-corrected chi connectivity index (χ1v) is 7.64. The van der Waals surface area contributed by atoms with Crippen molar-refractivity contribution in [2.24, 2.45) is 0 Å². The first-order chi connectivity index (χ1) is 8.89. The van der Waals surface area contributed by atoms with Gasteiger partial charge >= 0.3 is 0 Å². The summed E-state index contributed by atoms with van der Waals surface area (Å²) in [6, 6.07) is 4.66. The van der Waals surface area contributed by atoms with Gasteiger partial charge < -0.3 is 15.8 Å². The summed E-state index contributed by atoms with van der Waals surface area (Å²) in [6.07, 6.45) is 0. The number of nitrogens with two attached hydrogens (primary N) is 1. The highest BCUT2D eigenvalue weighted by Gasteiger charge is 2.13. The van der Waals surface area contributed by atoms with Crippen molar-refractivity contribution in [3.8, 4) is 5.75 Å². The number of benzene rings is 1. The number of ether oxygens (including phenoxy) is 1. The van der Waals surface area contributed by atoms with Crippen molar-refractivity contribution in [1.29, 1.82) is 0 Å². The van der Waals surface area contributed by atoms with E-state index >= 15 is 0 Å². The zero-order valence-electron chi connectivity index (χ0n) is 11.0. The number of nitrogen functional groups attached to an aromatic ring is 1. The molecule has 0 aliphatic heterocycles. The van der Waals surface area contributed by atoms with Crippen LogP contribution in [-0.4, -0.2) is 39.5 Å². The molecule has 0 aliphatic rings. The van der Waals surface area contributed by atoms with E-state index in [0.717, 1.165) is 0 Å². The zero-order valence-corrected chi connectivity index (χ0v) is 11.8. The molecule has 1 rings (SSSR count). The lowest BCUT2D eigenvalue weighted by atomic mass is 10.1. The fraction of sp³-hybridized carbons (Fsp3) is 0.417. The smallest absolute Gasteiger partial charge is 0.255 e. The van der Waals surface area contributed by atoms with Crippen LogP contribution in [0.4, 0.5) is 5.69 Å². The summed E-state index contributed by atoms with van der Waals surface area (Å²) in [4.78, 5) is 11.9. The van der Waals surface area contributed by atoms with Crippen molar-refractivity contribution in [3.63, 3.8) is 0 Å². The Balaban J connectivity index is 2.69. The van der Waals surface area contributed by atoms with Crippen LogP contribution in [0.5, 0.6) is 5.75 Å². The van der Waals surface area contributed by atoms with E-state index in [9.17, 15) is 13.2 Å². The molecule has 3 N–H and O–H groups in total. The molecule has 1 amide bonds. The molecule has 0 atom stereocenters. The number of anilines is 1. The summed E-state index contributed by atoms with van der Waals surface area (Å²) >= 11 is 0. The van der Waals surface area contributed by atoms with Gasteiger partial charge in [-0.3, -0.25) is 4.79 Å². The largest absolute Gasteiger partial charge is 0.496 e. The lowest BCUT2D eigenvalue weighted by Crippen LogP contribution is -2.29. The first-order valence-electron chi connectivity index (χ1n) is 5.81. The Labute approximate surface area is 112 Å². The van der Waals surface area contributed by atoms with Gasteiger partial charge in [-0.2, -0.15) is 0 Å². The average molecular weight is 286 g/mol. The van der Waals surface area contributed by atoms with E-state index in [4.69, 9.17) is 10.5 Å². The van der Waals surface area contributed by atoms with E-state index in [2.05, 4.69) is 5.32 Å². The normalized spacial score (nSPS) is 11.1. The molecule has 19 heavy (non-hydrogen) atoms. The highest BCUT2D eigenvalue weighted by molar-refractivity contribution is 7.91. The number of sulfone groups is 1. The van der Waals surface area contributed by atoms with Crippen LogP contribution in [0, 0.1) is 0 Å². The molecule has 0 saturated heterocycles. The van der Waals surface area contributed by atoms with Crippen LogP contribution in [0.25, 0.3) is 0 Å². The van der Waals surface area contributed by atoms with Gasteiger partial charge in [0.25, 0.3) is 5.91 Å². The van der Waals surface area contributed by atoms with Crippen LogP contribution in [0.2, 0.25) is 0 Å². The van der Waals surface area contributed by atoms with Crippen LogP contribution < -0.4 is 15.8 Å². The van der Waals surface area contributed by atoms with Crippen molar-refractivity contribution in [3.05, 3.63) is 23.8 Å². The topological polar surface area (TPSA) is 98.5 Å². The minimum atomic E-state index is -3.09. The molecule has 0 fully saturated rings. The fourth-order valence-corrected chi connectivity index (χ4v) is 2.16. The van der Waals surface area contributed by atoms with Gasteiger partial charge in [-0.25, -0.2) is 8.42 Å². The van der Waals surface area contributed by atoms with Gasteiger partial charge in [-0.15, -0.1) is 0 Å². The van der Waals surface area contributed by atoms with Crippen LogP contribution in [0.1, 0.15) is 17.3 Å². The molecular formula is C12H18N2O4S. The quantitative estimate of drug-likeness (QED) is 0.739. The lowest BCUT2D eigenvalue weighted by molar-refractivity contribution is 0.0953. The third kappa shape index (κ3) is 4.44. The number of carbonyl (C=O) groups excluding carboxylic acids is 1. The second-order valence-corrected chi connectivity index (χ2v) is 6.42. The Morgan fingerprint density at radius 3 is 2.68 bits per heavy atom. The van der Waals surface area contributed by atoms with Crippen molar-refractivity contribution in [2.45, 2.75) is 6.92 Å². The van der Waals surface area contributed by atoms with Crippen LogP contribution >= 0.6 is 0 Å². The van der Waals surface area contributed by atoms with Crippen molar-refractivity contribution < 1.29 is 17.9 Å². The monoisotopic (exact) mass is 286 g/mol. The van der Waals surface area contributed by atoms with E-state index in [-0.39, 0.29) is 24.0 Å². The van der Waals surface area contributed by atoms with Crippen LogP contribution in [0.3, 0.4) is 0 Å². The number of carbonyl (C=O) groups is 1.